The predicted molar refractivity (Wildman–Crippen MR) is 69.1 cm³/mol. The maximum absolute atomic E-state index is 12.6. The number of thiophene rings is 1. The van der Waals surface area contributed by atoms with Crippen molar-refractivity contribution in [3.05, 3.63) is 34.7 Å². The number of carbonyl (C=O) groups excluding carboxylic acids is 2. The van der Waals surface area contributed by atoms with Gasteiger partial charge in [0.15, 0.2) is 6.61 Å². The molecule has 0 saturated heterocycles. The molecule has 0 spiro atoms. The second-order valence-corrected chi connectivity index (χ2v) is 5.10. The molecule has 0 saturated carbocycles. The lowest BCUT2D eigenvalue weighted by atomic mass is 10.1. The smallest absolute Gasteiger partial charge is 0.416 e. The molecule has 0 fully saturated rings. The van der Waals surface area contributed by atoms with Gasteiger partial charge in [-0.05, 0) is 29.7 Å². The molecule has 112 valence electrons. The van der Waals surface area contributed by atoms with E-state index in [0.29, 0.717) is 10.1 Å². The molecule has 1 aromatic carbocycles. The highest BCUT2D eigenvalue weighted by Crippen LogP contribution is 2.34. The Morgan fingerprint density at radius 1 is 1.24 bits per heavy atom. The molecule has 0 radical (unpaired) electrons. The van der Waals surface area contributed by atoms with Crippen LogP contribution in [0, 0.1) is 0 Å². The van der Waals surface area contributed by atoms with E-state index >= 15 is 0 Å². The van der Waals surface area contributed by atoms with Crippen molar-refractivity contribution in [1.82, 2.24) is 0 Å². The second-order valence-electron chi connectivity index (χ2n) is 4.01. The summed E-state index contributed by atoms with van der Waals surface area (Å²) in [4.78, 5) is 22.6. The zero-order valence-corrected chi connectivity index (χ0v) is 11.5. The first kappa shape index (κ1) is 15.3. The van der Waals surface area contributed by atoms with E-state index in [0.717, 1.165) is 30.6 Å². The first-order chi connectivity index (χ1) is 9.81. The van der Waals surface area contributed by atoms with Crippen LogP contribution in [0.25, 0.3) is 10.1 Å². The fourth-order valence-electron chi connectivity index (χ4n) is 1.57. The molecule has 2 rings (SSSR count). The number of halogens is 3. The third kappa shape index (κ3) is 3.52. The van der Waals surface area contributed by atoms with Crippen LogP contribution in [-0.4, -0.2) is 25.7 Å². The summed E-state index contributed by atoms with van der Waals surface area (Å²) in [6, 6.07) is 4.50. The van der Waals surface area contributed by atoms with Crippen molar-refractivity contribution < 1.29 is 32.2 Å². The Morgan fingerprint density at radius 3 is 2.57 bits per heavy atom. The van der Waals surface area contributed by atoms with Gasteiger partial charge in [-0.25, -0.2) is 9.59 Å². The van der Waals surface area contributed by atoms with Crippen LogP contribution in [0.4, 0.5) is 13.2 Å². The number of hydrogen-bond donors (Lipinski definition) is 0. The quantitative estimate of drug-likeness (QED) is 0.815. The SMILES string of the molecule is COC(=O)COC(=O)c1cc2cc(C(F)(F)F)ccc2s1. The standard InChI is InChI=1S/C13H9F3O4S/c1-19-11(17)6-20-12(18)10-5-7-4-8(13(14,15)16)2-3-9(7)21-10/h2-5H,6H2,1H3. The van der Waals surface area contributed by atoms with E-state index in [2.05, 4.69) is 9.47 Å². The summed E-state index contributed by atoms with van der Waals surface area (Å²) in [6.07, 6.45) is -4.44. The average molecular weight is 318 g/mol. The molecule has 0 aliphatic carbocycles. The van der Waals surface area contributed by atoms with Crippen LogP contribution in [0.15, 0.2) is 24.3 Å². The molecule has 0 aliphatic rings. The van der Waals surface area contributed by atoms with Crippen LogP contribution < -0.4 is 0 Å². The Kier molecular flexibility index (Phi) is 4.17. The van der Waals surface area contributed by atoms with Gasteiger partial charge in [0.25, 0.3) is 0 Å². The van der Waals surface area contributed by atoms with E-state index in [1.54, 1.807) is 0 Å². The Balaban J connectivity index is 2.22. The summed E-state index contributed by atoms with van der Waals surface area (Å²) >= 11 is 0.990. The summed E-state index contributed by atoms with van der Waals surface area (Å²) < 4.78 is 47.3. The number of alkyl halides is 3. The number of esters is 2. The van der Waals surface area contributed by atoms with Crippen LogP contribution >= 0.6 is 11.3 Å². The molecule has 2 aromatic rings. The number of rotatable bonds is 3. The van der Waals surface area contributed by atoms with E-state index in [9.17, 15) is 22.8 Å². The molecule has 4 nitrogen and oxygen atoms in total. The van der Waals surface area contributed by atoms with E-state index < -0.39 is 30.3 Å². The Morgan fingerprint density at radius 2 is 1.95 bits per heavy atom. The lowest BCUT2D eigenvalue weighted by molar-refractivity contribution is -0.144. The molecule has 0 aliphatic heterocycles. The molecule has 8 heteroatoms. The summed E-state index contributed by atoms with van der Waals surface area (Å²) in [5.74, 6) is -1.50. The van der Waals surface area contributed by atoms with Crippen LogP contribution in [0.1, 0.15) is 15.2 Å². The van der Waals surface area contributed by atoms with Crippen molar-refractivity contribution in [2.75, 3.05) is 13.7 Å². The van der Waals surface area contributed by atoms with Crippen LogP contribution in [0.3, 0.4) is 0 Å². The van der Waals surface area contributed by atoms with Gasteiger partial charge in [0.2, 0.25) is 0 Å². The third-order valence-electron chi connectivity index (χ3n) is 2.59. The predicted octanol–water partition coefficient (Wildman–Crippen LogP) is 3.25. The first-order valence-corrected chi connectivity index (χ1v) is 6.47. The van der Waals surface area contributed by atoms with Gasteiger partial charge < -0.3 is 9.47 Å². The van der Waals surface area contributed by atoms with Gasteiger partial charge >= 0.3 is 18.1 Å². The van der Waals surface area contributed by atoms with Crippen LogP contribution in [-0.2, 0) is 20.4 Å². The molecule has 21 heavy (non-hydrogen) atoms. The van der Waals surface area contributed by atoms with Gasteiger partial charge in [0.1, 0.15) is 4.88 Å². The molecular formula is C13H9F3O4S. The van der Waals surface area contributed by atoms with Gasteiger partial charge in [-0.15, -0.1) is 11.3 Å². The number of fused-ring (bicyclic) bond motifs is 1. The summed E-state index contributed by atoms with van der Waals surface area (Å²) in [6.45, 7) is -0.544. The lowest BCUT2D eigenvalue weighted by Gasteiger charge is -2.05. The molecule has 1 heterocycles. The Bertz CT molecular complexity index is 690. The number of carbonyl (C=O) groups is 2. The molecule has 1 aromatic heterocycles. The second kappa shape index (κ2) is 5.72. The highest BCUT2D eigenvalue weighted by molar-refractivity contribution is 7.20. The summed E-state index contributed by atoms with van der Waals surface area (Å²) in [5.41, 5.74) is -0.790. The minimum atomic E-state index is -4.44. The maximum Gasteiger partial charge on any atom is 0.416 e. The van der Waals surface area contributed by atoms with E-state index in [4.69, 9.17) is 0 Å². The largest absolute Gasteiger partial charge is 0.466 e. The molecule has 0 amide bonds. The van der Waals surface area contributed by atoms with Crippen molar-refractivity contribution in [1.29, 1.82) is 0 Å². The van der Waals surface area contributed by atoms with E-state index in [-0.39, 0.29) is 4.88 Å². The Labute approximate surface area is 121 Å². The minimum absolute atomic E-state index is 0.119. The summed E-state index contributed by atoms with van der Waals surface area (Å²) in [7, 11) is 1.15. The Hall–Kier alpha value is -2.09. The molecular weight excluding hydrogens is 309 g/mol. The number of benzene rings is 1. The van der Waals surface area contributed by atoms with E-state index in [1.807, 2.05) is 0 Å². The normalized spacial score (nSPS) is 11.4. The molecule has 0 atom stereocenters. The minimum Gasteiger partial charge on any atom is -0.466 e. The van der Waals surface area contributed by atoms with Crippen LogP contribution in [0.5, 0.6) is 0 Å². The van der Waals surface area contributed by atoms with Gasteiger partial charge in [-0.3, -0.25) is 0 Å². The van der Waals surface area contributed by atoms with Crippen molar-refractivity contribution in [2.45, 2.75) is 6.18 Å². The molecule has 0 bridgehead atoms. The monoisotopic (exact) mass is 318 g/mol. The fraction of sp³-hybridized carbons (Fsp3) is 0.231. The van der Waals surface area contributed by atoms with Gasteiger partial charge in [-0.2, -0.15) is 13.2 Å². The number of hydrogen-bond acceptors (Lipinski definition) is 5. The average Bonchev–Trinajstić information content (AvgIpc) is 2.86. The highest BCUT2D eigenvalue weighted by atomic mass is 32.1. The van der Waals surface area contributed by atoms with Crippen molar-refractivity contribution in [3.63, 3.8) is 0 Å². The summed E-state index contributed by atoms with van der Waals surface area (Å²) in [5, 5.41) is 0.292. The lowest BCUT2D eigenvalue weighted by Crippen LogP contribution is -2.14. The number of ether oxygens (including phenoxy) is 2. The first-order valence-electron chi connectivity index (χ1n) is 5.66. The molecule has 0 unspecified atom stereocenters. The zero-order chi connectivity index (χ0) is 15.6. The van der Waals surface area contributed by atoms with Crippen LogP contribution in [0.2, 0.25) is 0 Å². The van der Waals surface area contributed by atoms with E-state index in [1.165, 1.54) is 12.1 Å². The van der Waals surface area contributed by atoms with Gasteiger partial charge in [0.05, 0.1) is 12.7 Å². The van der Waals surface area contributed by atoms with Crippen molar-refractivity contribution >= 4 is 33.4 Å². The van der Waals surface area contributed by atoms with Gasteiger partial charge in [-0.1, -0.05) is 0 Å². The van der Waals surface area contributed by atoms with Crippen molar-refractivity contribution in [2.24, 2.45) is 0 Å². The zero-order valence-electron chi connectivity index (χ0n) is 10.7. The third-order valence-corrected chi connectivity index (χ3v) is 3.69. The van der Waals surface area contributed by atoms with Gasteiger partial charge in [0, 0.05) is 4.70 Å². The molecule has 0 N–H and O–H groups in total. The fourth-order valence-corrected chi connectivity index (χ4v) is 2.51. The maximum atomic E-state index is 12.6. The number of methoxy groups -OCH3 is 1. The highest BCUT2D eigenvalue weighted by Gasteiger charge is 2.30. The van der Waals surface area contributed by atoms with Crippen molar-refractivity contribution in [3.8, 4) is 0 Å². The topological polar surface area (TPSA) is 52.6 Å².